The molecule has 2 saturated heterocycles. The summed E-state index contributed by atoms with van der Waals surface area (Å²) in [6.45, 7) is 7.07. The average molecular weight is 428 g/mol. The third-order valence-corrected chi connectivity index (χ3v) is 6.02. The number of aromatic nitrogens is 2. The Morgan fingerprint density at radius 3 is 2.35 bits per heavy atom. The van der Waals surface area contributed by atoms with Crippen LogP contribution in [0.5, 0.6) is 5.75 Å². The van der Waals surface area contributed by atoms with Gasteiger partial charge in [0.2, 0.25) is 5.91 Å². The van der Waals surface area contributed by atoms with Crippen LogP contribution in [-0.2, 0) is 9.59 Å². The van der Waals surface area contributed by atoms with Crippen molar-refractivity contribution in [3.63, 3.8) is 0 Å². The minimum absolute atomic E-state index is 0.0202. The van der Waals surface area contributed by atoms with Gasteiger partial charge in [0, 0.05) is 44.1 Å². The van der Waals surface area contributed by atoms with Gasteiger partial charge in [-0.1, -0.05) is 12.1 Å². The van der Waals surface area contributed by atoms with Crippen molar-refractivity contribution in [3.05, 3.63) is 47.0 Å². The first-order chi connectivity index (χ1) is 14.8. The predicted molar refractivity (Wildman–Crippen MR) is 113 cm³/mol. The molecule has 0 unspecified atom stereocenters. The molecule has 9 heteroatoms. The van der Waals surface area contributed by atoms with Crippen molar-refractivity contribution in [1.82, 2.24) is 19.8 Å². The second-order valence-corrected chi connectivity index (χ2v) is 7.92. The molecule has 1 aromatic heterocycles. The average Bonchev–Trinajstić information content (AvgIpc) is 3.40. The highest BCUT2D eigenvalue weighted by Gasteiger charge is 2.49. The van der Waals surface area contributed by atoms with Crippen molar-refractivity contribution >= 4 is 18.3 Å². The highest BCUT2D eigenvalue weighted by atomic mass is 16.5. The quantitative estimate of drug-likeness (QED) is 0.723. The second-order valence-electron chi connectivity index (χ2n) is 7.92. The van der Waals surface area contributed by atoms with Crippen molar-refractivity contribution in [2.24, 2.45) is 11.8 Å². The molecule has 2 amide bonds. The van der Waals surface area contributed by atoms with Crippen LogP contribution in [-0.4, -0.2) is 69.9 Å². The van der Waals surface area contributed by atoms with E-state index in [0.29, 0.717) is 25.3 Å². The van der Waals surface area contributed by atoms with Gasteiger partial charge < -0.3 is 24.6 Å². The summed E-state index contributed by atoms with van der Waals surface area (Å²) in [4.78, 5) is 44.9. The van der Waals surface area contributed by atoms with Crippen LogP contribution < -0.4 is 4.74 Å². The van der Waals surface area contributed by atoms with Crippen molar-refractivity contribution in [3.8, 4) is 5.75 Å². The van der Waals surface area contributed by atoms with E-state index in [0.717, 1.165) is 22.8 Å². The molecule has 3 atom stereocenters. The van der Waals surface area contributed by atoms with E-state index in [9.17, 15) is 9.59 Å². The number of carbonyl (C=O) groups is 3. The van der Waals surface area contributed by atoms with Crippen LogP contribution in [0.1, 0.15) is 40.5 Å². The molecular weight excluding hydrogens is 400 g/mol. The second kappa shape index (κ2) is 9.20. The topological polar surface area (TPSA) is 116 Å². The van der Waals surface area contributed by atoms with Gasteiger partial charge in [-0.15, -0.1) is 0 Å². The molecule has 1 aromatic carbocycles. The zero-order valence-corrected chi connectivity index (χ0v) is 18.2. The zero-order valence-electron chi connectivity index (χ0n) is 18.2. The summed E-state index contributed by atoms with van der Waals surface area (Å²) in [7, 11) is 1.64. The third kappa shape index (κ3) is 4.40. The van der Waals surface area contributed by atoms with Crippen LogP contribution in [0.3, 0.4) is 0 Å². The maximum Gasteiger partial charge on any atom is 0.290 e. The number of fused-ring (bicyclic) bond motifs is 1. The fourth-order valence-electron chi connectivity index (χ4n) is 4.73. The first-order valence-corrected chi connectivity index (χ1v) is 10.1. The molecule has 4 rings (SSSR count). The number of imidazole rings is 1. The van der Waals surface area contributed by atoms with E-state index in [-0.39, 0.29) is 36.2 Å². The Bertz CT molecular complexity index is 955. The lowest BCUT2D eigenvalue weighted by Crippen LogP contribution is -2.36. The lowest BCUT2D eigenvalue weighted by Gasteiger charge is -2.29. The highest BCUT2D eigenvalue weighted by Crippen LogP contribution is 2.45. The van der Waals surface area contributed by atoms with Crippen molar-refractivity contribution in [1.29, 1.82) is 0 Å². The van der Waals surface area contributed by atoms with E-state index in [1.165, 1.54) is 0 Å². The van der Waals surface area contributed by atoms with Gasteiger partial charge >= 0.3 is 0 Å². The molecule has 0 aliphatic carbocycles. The van der Waals surface area contributed by atoms with Crippen LogP contribution in [0.25, 0.3) is 0 Å². The number of carboxylic acid groups (broad SMARTS) is 1. The fourth-order valence-corrected chi connectivity index (χ4v) is 4.73. The van der Waals surface area contributed by atoms with Crippen LogP contribution in [0.4, 0.5) is 0 Å². The standard InChI is InChI=1S/C21H26N4O3.CH2O2/c1-12-19(23-13(2)22-12)21(27)24-9-16-10-25(14(3)26)20(18(16)11-24)15-5-7-17(28-4)8-6-15;2-1-3/h5-8,16,18,20H,9-11H2,1-4H3,(H,22,23);1H,(H,2,3)/t16-,18-,20+;/m1./s1. The number of rotatable bonds is 3. The first-order valence-electron chi connectivity index (χ1n) is 10.1. The van der Waals surface area contributed by atoms with Gasteiger partial charge in [0.15, 0.2) is 0 Å². The van der Waals surface area contributed by atoms with E-state index in [4.69, 9.17) is 14.6 Å². The predicted octanol–water partition coefficient (Wildman–Crippen LogP) is 2.03. The number of benzene rings is 1. The lowest BCUT2D eigenvalue weighted by atomic mass is 9.89. The number of nitrogens with zero attached hydrogens (tertiary/aromatic N) is 3. The van der Waals surface area contributed by atoms with E-state index in [2.05, 4.69) is 9.97 Å². The number of hydrogen-bond acceptors (Lipinski definition) is 5. The van der Waals surface area contributed by atoms with Gasteiger partial charge in [-0.2, -0.15) is 0 Å². The van der Waals surface area contributed by atoms with Crippen molar-refractivity contribution < 1.29 is 24.2 Å². The van der Waals surface area contributed by atoms with Crippen LogP contribution in [0.2, 0.25) is 0 Å². The number of amides is 2. The summed E-state index contributed by atoms with van der Waals surface area (Å²) in [5.74, 6) is 2.09. The zero-order chi connectivity index (χ0) is 22.7. The molecule has 2 aromatic rings. The van der Waals surface area contributed by atoms with Crippen LogP contribution >= 0.6 is 0 Å². The maximum atomic E-state index is 13.0. The minimum atomic E-state index is -0.250. The minimum Gasteiger partial charge on any atom is -0.497 e. The largest absolute Gasteiger partial charge is 0.497 e. The molecule has 166 valence electrons. The number of nitrogens with one attached hydrogen (secondary N) is 1. The third-order valence-electron chi connectivity index (χ3n) is 6.02. The molecule has 31 heavy (non-hydrogen) atoms. The SMILES string of the molecule is COc1ccc([C@H]2[C@@H]3CN(C(=O)c4nc(C)[nH]c4C)C[C@@H]3CN2C(C)=O)cc1.O=CO. The first kappa shape index (κ1) is 22.3. The maximum absolute atomic E-state index is 13.0. The molecule has 0 spiro atoms. The Labute approximate surface area is 181 Å². The Morgan fingerprint density at radius 2 is 1.84 bits per heavy atom. The molecule has 2 aliphatic heterocycles. The Kier molecular flexibility index (Phi) is 6.62. The number of H-pyrrole nitrogens is 1. The van der Waals surface area contributed by atoms with Crippen molar-refractivity contribution in [2.45, 2.75) is 26.8 Å². The van der Waals surface area contributed by atoms with Gasteiger partial charge in [-0.25, -0.2) is 4.98 Å². The molecule has 0 bridgehead atoms. The summed E-state index contributed by atoms with van der Waals surface area (Å²) in [5, 5.41) is 6.89. The summed E-state index contributed by atoms with van der Waals surface area (Å²) in [6.07, 6.45) is 0. The van der Waals surface area contributed by atoms with Gasteiger partial charge in [-0.05, 0) is 31.5 Å². The number of hydrogen-bond donors (Lipinski definition) is 2. The molecule has 9 nitrogen and oxygen atoms in total. The van der Waals surface area contributed by atoms with Crippen LogP contribution in [0, 0.1) is 25.7 Å². The summed E-state index contributed by atoms with van der Waals surface area (Å²) < 4.78 is 5.26. The fraction of sp³-hybridized carbons (Fsp3) is 0.455. The molecule has 2 N–H and O–H groups in total. The van der Waals surface area contributed by atoms with E-state index in [1.54, 1.807) is 14.0 Å². The molecule has 2 fully saturated rings. The van der Waals surface area contributed by atoms with Crippen molar-refractivity contribution in [2.75, 3.05) is 26.7 Å². The number of carbonyl (C=O) groups excluding carboxylic acids is 2. The van der Waals surface area contributed by atoms with Gasteiger partial charge in [0.25, 0.3) is 12.4 Å². The highest BCUT2D eigenvalue weighted by molar-refractivity contribution is 5.93. The smallest absolute Gasteiger partial charge is 0.290 e. The van der Waals surface area contributed by atoms with E-state index >= 15 is 0 Å². The van der Waals surface area contributed by atoms with E-state index in [1.807, 2.05) is 47.9 Å². The molecule has 0 saturated carbocycles. The summed E-state index contributed by atoms with van der Waals surface area (Å²) in [5.41, 5.74) is 2.39. The number of aryl methyl sites for hydroxylation is 2. The molecule has 2 aliphatic rings. The van der Waals surface area contributed by atoms with Gasteiger partial charge in [0.05, 0.1) is 13.2 Å². The van der Waals surface area contributed by atoms with Gasteiger partial charge in [-0.3, -0.25) is 14.4 Å². The number of aromatic amines is 1. The number of ether oxygens (including phenoxy) is 1. The number of likely N-dealkylation sites (tertiary alicyclic amines) is 2. The Hall–Kier alpha value is -3.36. The monoisotopic (exact) mass is 428 g/mol. The molecule has 3 heterocycles. The van der Waals surface area contributed by atoms with Crippen LogP contribution in [0.15, 0.2) is 24.3 Å². The molecule has 0 radical (unpaired) electrons. The lowest BCUT2D eigenvalue weighted by molar-refractivity contribution is -0.130. The Balaban J connectivity index is 0.000000858. The molecular formula is C22H28N4O5. The summed E-state index contributed by atoms with van der Waals surface area (Å²) >= 11 is 0. The normalized spacial score (nSPS) is 21.9. The summed E-state index contributed by atoms with van der Waals surface area (Å²) in [6, 6.07) is 7.87. The van der Waals surface area contributed by atoms with Gasteiger partial charge in [0.1, 0.15) is 17.3 Å². The number of methoxy groups -OCH3 is 1. The Morgan fingerprint density at radius 1 is 1.19 bits per heavy atom. The van der Waals surface area contributed by atoms with E-state index < -0.39 is 0 Å².